The normalized spacial score (nSPS) is 11.9. The van der Waals surface area contributed by atoms with E-state index < -0.39 is 17.6 Å². The largest absolute Gasteiger partial charge is 0.419 e. The molecule has 0 aliphatic carbocycles. The van der Waals surface area contributed by atoms with Crippen LogP contribution in [0.4, 0.5) is 23.4 Å². The van der Waals surface area contributed by atoms with E-state index in [9.17, 15) is 17.6 Å². The number of halogens is 4. The number of aryl methyl sites for hydroxylation is 1. The zero-order chi connectivity index (χ0) is 15.1. The van der Waals surface area contributed by atoms with Crippen molar-refractivity contribution in [2.24, 2.45) is 7.05 Å². The van der Waals surface area contributed by atoms with Gasteiger partial charge in [-0.25, -0.2) is 4.39 Å². The minimum absolute atomic E-state index is 0.149. The highest BCUT2D eigenvalue weighted by molar-refractivity contribution is 5.69. The van der Waals surface area contributed by atoms with Gasteiger partial charge in [0.25, 0.3) is 0 Å². The number of rotatable bonds is 2. The van der Waals surface area contributed by atoms with Gasteiger partial charge in [0.1, 0.15) is 17.3 Å². The van der Waals surface area contributed by atoms with Gasteiger partial charge in [-0.2, -0.15) is 18.3 Å². The van der Waals surface area contributed by atoms with Gasteiger partial charge in [0, 0.05) is 18.2 Å². The Morgan fingerprint density at radius 3 is 2.50 bits per heavy atom. The zero-order valence-corrected chi connectivity index (χ0v) is 10.9. The van der Waals surface area contributed by atoms with Crippen LogP contribution in [0.25, 0.3) is 11.3 Å². The van der Waals surface area contributed by atoms with E-state index in [2.05, 4.69) is 5.10 Å². The van der Waals surface area contributed by atoms with Crippen LogP contribution in [-0.4, -0.2) is 9.78 Å². The number of nitrogens with zero attached hydrogens (tertiary/aromatic N) is 2. The van der Waals surface area contributed by atoms with Crippen molar-refractivity contribution in [1.82, 2.24) is 9.78 Å². The van der Waals surface area contributed by atoms with Gasteiger partial charge < -0.3 is 5.73 Å². The van der Waals surface area contributed by atoms with Crippen LogP contribution < -0.4 is 5.73 Å². The highest BCUT2D eigenvalue weighted by Crippen LogP contribution is 2.36. The number of nitrogens with two attached hydrogens (primary N) is 1. The van der Waals surface area contributed by atoms with E-state index in [1.165, 1.54) is 10.7 Å². The van der Waals surface area contributed by atoms with Crippen LogP contribution in [0.15, 0.2) is 18.2 Å². The molecule has 2 N–H and O–H groups in total. The van der Waals surface area contributed by atoms with Gasteiger partial charge >= 0.3 is 6.18 Å². The van der Waals surface area contributed by atoms with Crippen molar-refractivity contribution in [2.45, 2.75) is 19.5 Å². The Kier molecular flexibility index (Phi) is 3.45. The van der Waals surface area contributed by atoms with Crippen molar-refractivity contribution in [2.75, 3.05) is 5.73 Å². The Morgan fingerprint density at radius 2 is 1.95 bits per heavy atom. The Balaban J connectivity index is 2.69. The number of alkyl halides is 3. The first-order valence-electron chi connectivity index (χ1n) is 5.94. The molecule has 0 bridgehead atoms. The molecule has 108 valence electrons. The number of hydrogen-bond donors (Lipinski definition) is 1. The first kappa shape index (κ1) is 14.4. The van der Waals surface area contributed by atoms with E-state index in [-0.39, 0.29) is 11.3 Å². The number of benzene rings is 1. The van der Waals surface area contributed by atoms with Crippen LogP contribution in [0.5, 0.6) is 0 Å². The third-order valence-corrected chi connectivity index (χ3v) is 3.11. The van der Waals surface area contributed by atoms with Gasteiger partial charge in [0.05, 0.1) is 5.56 Å². The van der Waals surface area contributed by atoms with Crippen molar-refractivity contribution < 1.29 is 17.6 Å². The lowest BCUT2D eigenvalue weighted by Gasteiger charge is -2.10. The van der Waals surface area contributed by atoms with Crippen LogP contribution in [-0.2, 0) is 19.6 Å². The third kappa shape index (κ3) is 2.23. The summed E-state index contributed by atoms with van der Waals surface area (Å²) < 4.78 is 53.6. The molecule has 0 amide bonds. The molecule has 7 heteroatoms. The van der Waals surface area contributed by atoms with Crippen molar-refractivity contribution in [3.05, 3.63) is 35.1 Å². The molecule has 0 radical (unpaired) electrons. The van der Waals surface area contributed by atoms with Crippen LogP contribution in [0, 0.1) is 5.82 Å². The molecule has 0 unspecified atom stereocenters. The zero-order valence-electron chi connectivity index (χ0n) is 10.9. The second-order valence-corrected chi connectivity index (χ2v) is 4.35. The molecule has 0 aliphatic heterocycles. The van der Waals surface area contributed by atoms with Crippen LogP contribution in [0.1, 0.15) is 18.1 Å². The second-order valence-electron chi connectivity index (χ2n) is 4.35. The highest BCUT2D eigenvalue weighted by Gasteiger charge is 2.35. The maximum Gasteiger partial charge on any atom is 0.419 e. The van der Waals surface area contributed by atoms with Gasteiger partial charge in [-0.15, -0.1) is 0 Å². The summed E-state index contributed by atoms with van der Waals surface area (Å²) in [5.41, 5.74) is 4.97. The average molecular weight is 287 g/mol. The fourth-order valence-electron chi connectivity index (χ4n) is 2.08. The summed E-state index contributed by atoms with van der Waals surface area (Å²) >= 11 is 0. The smallest absolute Gasteiger partial charge is 0.384 e. The number of nitrogen functional groups attached to an aromatic ring is 1. The Bertz CT molecular complexity index is 644. The van der Waals surface area contributed by atoms with Crippen molar-refractivity contribution in [1.29, 1.82) is 0 Å². The van der Waals surface area contributed by atoms with Gasteiger partial charge in [-0.3, -0.25) is 4.68 Å². The molecule has 2 aromatic rings. The van der Waals surface area contributed by atoms with E-state index >= 15 is 0 Å². The minimum atomic E-state index is -4.74. The fourth-order valence-corrected chi connectivity index (χ4v) is 2.08. The molecule has 0 spiro atoms. The Labute approximate surface area is 113 Å². The molecule has 20 heavy (non-hydrogen) atoms. The lowest BCUT2D eigenvalue weighted by atomic mass is 10.0. The predicted octanol–water partition coefficient (Wildman–Crippen LogP) is 3.39. The van der Waals surface area contributed by atoms with Crippen LogP contribution >= 0.6 is 0 Å². The second kappa shape index (κ2) is 4.81. The molecule has 1 aromatic carbocycles. The van der Waals surface area contributed by atoms with E-state index in [0.717, 1.165) is 6.07 Å². The average Bonchev–Trinajstić information content (AvgIpc) is 2.64. The lowest BCUT2D eigenvalue weighted by Crippen LogP contribution is -2.09. The number of aromatic nitrogens is 2. The van der Waals surface area contributed by atoms with Crippen LogP contribution in [0.3, 0.4) is 0 Å². The lowest BCUT2D eigenvalue weighted by molar-refractivity contribution is -0.139. The summed E-state index contributed by atoms with van der Waals surface area (Å²) in [5.74, 6) is -1.01. The van der Waals surface area contributed by atoms with Gasteiger partial charge in [0.2, 0.25) is 0 Å². The van der Waals surface area contributed by atoms with Gasteiger partial charge in [0.15, 0.2) is 0 Å². The summed E-state index contributed by atoms with van der Waals surface area (Å²) in [7, 11) is 1.56. The van der Waals surface area contributed by atoms with E-state index in [4.69, 9.17) is 5.73 Å². The van der Waals surface area contributed by atoms with Crippen molar-refractivity contribution in [3.63, 3.8) is 0 Å². The molecule has 3 nitrogen and oxygen atoms in total. The predicted molar refractivity (Wildman–Crippen MR) is 67.4 cm³/mol. The summed E-state index contributed by atoms with van der Waals surface area (Å²) in [4.78, 5) is 0. The monoisotopic (exact) mass is 287 g/mol. The maximum atomic E-state index is 14.1. The summed E-state index contributed by atoms with van der Waals surface area (Å²) in [6.45, 7) is 1.78. The molecule has 1 aromatic heterocycles. The Hall–Kier alpha value is -2.05. The SMILES string of the molecule is CCc1c(-c2cccc(C(F)(F)F)c2F)nn(C)c1N. The fraction of sp³-hybridized carbons (Fsp3) is 0.308. The third-order valence-electron chi connectivity index (χ3n) is 3.11. The first-order chi connectivity index (χ1) is 9.27. The molecule has 0 fully saturated rings. The molecular weight excluding hydrogens is 274 g/mol. The van der Waals surface area contributed by atoms with Gasteiger partial charge in [-0.1, -0.05) is 13.0 Å². The van der Waals surface area contributed by atoms with Crippen molar-refractivity contribution in [3.8, 4) is 11.3 Å². The molecule has 0 saturated heterocycles. The Morgan fingerprint density at radius 1 is 1.30 bits per heavy atom. The molecule has 0 saturated carbocycles. The van der Waals surface area contributed by atoms with Crippen molar-refractivity contribution >= 4 is 5.82 Å². The first-order valence-corrected chi connectivity index (χ1v) is 5.94. The van der Waals surface area contributed by atoms with Gasteiger partial charge in [-0.05, 0) is 18.6 Å². The number of hydrogen-bond acceptors (Lipinski definition) is 2. The molecular formula is C13H13F4N3. The highest BCUT2D eigenvalue weighted by atomic mass is 19.4. The maximum absolute atomic E-state index is 14.1. The van der Waals surface area contributed by atoms with E-state index in [1.54, 1.807) is 14.0 Å². The molecule has 0 atom stereocenters. The topological polar surface area (TPSA) is 43.8 Å². The van der Waals surface area contributed by atoms with E-state index in [1.807, 2.05) is 0 Å². The van der Waals surface area contributed by atoms with E-state index in [0.29, 0.717) is 23.9 Å². The molecule has 1 heterocycles. The number of anilines is 1. The molecule has 2 rings (SSSR count). The standard InChI is InChI=1S/C13H13F4N3/c1-3-7-11(19-20(2)12(7)18)8-5-4-6-9(10(8)14)13(15,16)17/h4-6H,3,18H2,1-2H3. The summed E-state index contributed by atoms with van der Waals surface area (Å²) in [6.07, 6.45) is -4.29. The summed E-state index contributed by atoms with van der Waals surface area (Å²) in [5, 5.41) is 4.02. The quantitative estimate of drug-likeness (QED) is 0.860. The summed E-state index contributed by atoms with van der Waals surface area (Å²) in [6, 6.07) is 3.13. The molecule has 0 aliphatic rings. The minimum Gasteiger partial charge on any atom is -0.384 e. The van der Waals surface area contributed by atoms with Crippen LogP contribution in [0.2, 0.25) is 0 Å².